The Labute approximate surface area is 46.6 Å². The molecular weight excluding hydrogens is 108 g/mol. The molecule has 2 aliphatic rings. The zero-order valence-corrected chi connectivity index (χ0v) is 4.46. The van der Waals surface area contributed by atoms with Gasteiger partial charge in [-0.05, 0) is 6.92 Å². The fourth-order valence-corrected chi connectivity index (χ4v) is 0.988. The SMILES string of the molecule is C[C@@H]1OC(=O)[C@H]2O[C@@H]12. The Bertz CT molecular complexity index is 143. The number of hydrogen-bond donors (Lipinski definition) is 0. The van der Waals surface area contributed by atoms with E-state index in [1.165, 1.54) is 0 Å². The number of carbonyl (C=O) groups is 1. The number of rotatable bonds is 0. The van der Waals surface area contributed by atoms with Crippen molar-refractivity contribution in [1.82, 2.24) is 0 Å². The van der Waals surface area contributed by atoms with Gasteiger partial charge in [-0.15, -0.1) is 0 Å². The molecule has 2 saturated heterocycles. The summed E-state index contributed by atoms with van der Waals surface area (Å²) in [4.78, 5) is 10.5. The molecule has 0 amide bonds. The summed E-state index contributed by atoms with van der Waals surface area (Å²) < 4.78 is 9.66. The minimum absolute atomic E-state index is 0.00694. The van der Waals surface area contributed by atoms with E-state index in [1.807, 2.05) is 6.92 Å². The van der Waals surface area contributed by atoms with E-state index in [0.29, 0.717) is 0 Å². The van der Waals surface area contributed by atoms with Crippen LogP contribution in [0.5, 0.6) is 0 Å². The molecule has 2 heterocycles. The molecule has 2 rings (SSSR count). The number of fused-ring (bicyclic) bond motifs is 1. The number of carbonyl (C=O) groups excluding carboxylic acids is 1. The normalized spacial score (nSPS) is 50.6. The highest BCUT2D eigenvalue weighted by Gasteiger charge is 2.57. The summed E-state index contributed by atoms with van der Waals surface area (Å²) in [7, 11) is 0. The van der Waals surface area contributed by atoms with Crippen LogP contribution in [0.3, 0.4) is 0 Å². The number of epoxide rings is 1. The maximum atomic E-state index is 10.5. The Morgan fingerprint density at radius 1 is 1.62 bits per heavy atom. The predicted molar refractivity (Wildman–Crippen MR) is 24.2 cm³/mol. The summed E-state index contributed by atoms with van der Waals surface area (Å²) in [6.07, 6.45) is -0.125. The third-order valence-corrected chi connectivity index (χ3v) is 1.52. The standard InChI is InChI=1S/C5H6O3/c1-2-3-4(8-3)5(6)7-2/h2-4H,1H3/t2-,3-,4-/m0/s1. The van der Waals surface area contributed by atoms with Gasteiger partial charge in [0.2, 0.25) is 0 Å². The van der Waals surface area contributed by atoms with Crippen molar-refractivity contribution in [2.24, 2.45) is 0 Å². The Balaban J connectivity index is 2.19. The average Bonchev–Trinajstić information content (AvgIpc) is 2.35. The smallest absolute Gasteiger partial charge is 0.338 e. The van der Waals surface area contributed by atoms with E-state index >= 15 is 0 Å². The lowest BCUT2D eigenvalue weighted by Gasteiger charge is -2.01. The van der Waals surface area contributed by atoms with E-state index < -0.39 is 0 Å². The van der Waals surface area contributed by atoms with Crippen molar-refractivity contribution in [2.75, 3.05) is 0 Å². The van der Waals surface area contributed by atoms with E-state index in [-0.39, 0.29) is 24.3 Å². The lowest BCUT2D eigenvalue weighted by atomic mass is 10.3. The lowest BCUT2D eigenvalue weighted by molar-refractivity contribution is -0.148. The highest BCUT2D eigenvalue weighted by atomic mass is 16.7. The number of hydrogen-bond acceptors (Lipinski definition) is 3. The molecule has 8 heavy (non-hydrogen) atoms. The van der Waals surface area contributed by atoms with Crippen LogP contribution in [0.25, 0.3) is 0 Å². The van der Waals surface area contributed by atoms with Gasteiger partial charge in [0.1, 0.15) is 12.2 Å². The van der Waals surface area contributed by atoms with E-state index in [4.69, 9.17) is 9.47 Å². The average molecular weight is 114 g/mol. The second-order valence-corrected chi connectivity index (χ2v) is 2.16. The van der Waals surface area contributed by atoms with Gasteiger partial charge < -0.3 is 9.47 Å². The molecule has 44 valence electrons. The summed E-state index contributed by atoms with van der Waals surface area (Å²) in [6, 6.07) is 0. The van der Waals surface area contributed by atoms with Crippen molar-refractivity contribution < 1.29 is 14.3 Å². The summed E-state index contributed by atoms with van der Waals surface area (Å²) in [6.45, 7) is 1.84. The van der Waals surface area contributed by atoms with Gasteiger partial charge in [-0.2, -0.15) is 0 Å². The maximum Gasteiger partial charge on any atom is 0.338 e. The second kappa shape index (κ2) is 1.05. The van der Waals surface area contributed by atoms with Crippen LogP contribution in [0.4, 0.5) is 0 Å². The van der Waals surface area contributed by atoms with Crippen LogP contribution in [0.1, 0.15) is 6.92 Å². The van der Waals surface area contributed by atoms with Crippen LogP contribution in [-0.4, -0.2) is 24.3 Å². The Kier molecular flexibility index (Phi) is 0.568. The second-order valence-electron chi connectivity index (χ2n) is 2.16. The van der Waals surface area contributed by atoms with Gasteiger partial charge in [0.25, 0.3) is 0 Å². The molecule has 0 aromatic rings. The van der Waals surface area contributed by atoms with Crippen LogP contribution in [0, 0.1) is 0 Å². The Hall–Kier alpha value is -0.570. The largest absolute Gasteiger partial charge is 0.458 e. The Morgan fingerprint density at radius 3 is 2.50 bits per heavy atom. The molecule has 0 spiro atoms. The molecule has 0 bridgehead atoms. The molecule has 0 unspecified atom stereocenters. The predicted octanol–water partition coefficient (Wildman–Crippen LogP) is -0.301. The van der Waals surface area contributed by atoms with Crippen molar-refractivity contribution in [3.05, 3.63) is 0 Å². The zero-order chi connectivity index (χ0) is 5.72. The highest BCUT2D eigenvalue weighted by molar-refractivity contribution is 5.81. The van der Waals surface area contributed by atoms with Crippen molar-refractivity contribution in [3.63, 3.8) is 0 Å². The van der Waals surface area contributed by atoms with Gasteiger partial charge >= 0.3 is 5.97 Å². The minimum Gasteiger partial charge on any atom is -0.458 e. The molecule has 3 nitrogen and oxygen atoms in total. The van der Waals surface area contributed by atoms with E-state index in [2.05, 4.69) is 0 Å². The molecule has 0 aromatic heterocycles. The van der Waals surface area contributed by atoms with Crippen LogP contribution in [0.2, 0.25) is 0 Å². The van der Waals surface area contributed by atoms with Crippen LogP contribution >= 0.6 is 0 Å². The highest BCUT2D eigenvalue weighted by Crippen LogP contribution is 2.34. The minimum atomic E-state index is -0.204. The van der Waals surface area contributed by atoms with Gasteiger partial charge in [-0.1, -0.05) is 0 Å². The number of esters is 1. The molecule has 3 atom stereocenters. The summed E-state index contributed by atoms with van der Waals surface area (Å²) >= 11 is 0. The third kappa shape index (κ3) is 0.351. The molecule has 2 fully saturated rings. The van der Waals surface area contributed by atoms with Crippen LogP contribution < -0.4 is 0 Å². The van der Waals surface area contributed by atoms with Crippen molar-refractivity contribution in [1.29, 1.82) is 0 Å². The summed E-state index contributed by atoms with van der Waals surface area (Å²) in [5, 5.41) is 0. The molecule has 2 aliphatic heterocycles. The molecule has 0 aliphatic carbocycles. The van der Waals surface area contributed by atoms with E-state index in [0.717, 1.165) is 0 Å². The van der Waals surface area contributed by atoms with Gasteiger partial charge in [0, 0.05) is 0 Å². The van der Waals surface area contributed by atoms with E-state index in [1.54, 1.807) is 0 Å². The first-order valence-corrected chi connectivity index (χ1v) is 2.65. The molecular formula is C5H6O3. The van der Waals surface area contributed by atoms with E-state index in [9.17, 15) is 4.79 Å². The Morgan fingerprint density at radius 2 is 2.38 bits per heavy atom. The van der Waals surface area contributed by atoms with Crippen molar-refractivity contribution in [3.8, 4) is 0 Å². The summed E-state index contributed by atoms with van der Waals surface area (Å²) in [5.74, 6) is -0.192. The molecule has 3 heteroatoms. The van der Waals surface area contributed by atoms with Crippen LogP contribution in [-0.2, 0) is 14.3 Å². The fraction of sp³-hybridized carbons (Fsp3) is 0.800. The first-order chi connectivity index (χ1) is 3.79. The summed E-state index contributed by atoms with van der Waals surface area (Å²) in [5.41, 5.74) is 0. The van der Waals surface area contributed by atoms with Gasteiger partial charge in [-0.25, -0.2) is 4.79 Å². The first-order valence-electron chi connectivity index (χ1n) is 2.65. The van der Waals surface area contributed by atoms with Crippen molar-refractivity contribution in [2.45, 2.75) is 25.2 Å². The van der Waals surface area contributed by atoms with Crippen molar-refractivity contribution >= 4 is 5.97 Å². The van der Waals surface area contributed by atoms with Gasteiger partial charge in [0.15, 0.2) is 6.10 Å². The van der Waals surface area contributed by atoms with Crippen LogP contribution in [0.15, 0.2) is 0 Å². The topological polar surface area (TPSA) is 38.8 Å². The molecule has 0 aromatic carbocycles. The molecule has 0 N–H and O–H groups in total. The molecule has 0 radical (unpaired) electrons. The number of ether oxygens (including phenoxy) is 2. The van der Waals surface area contributed by atoms with Gasteiger partial charge in [0.05, 0.1) is 0 Å². The molecule has 0 saturated carbocycles. The monoisotopic (exact) mass is 114 g/mol. The fourth-order valence-electron chi connectivity index (χ4n) is 0.988. The number of cyclic esters (lactones) is 1. The van der Waals surface area contributed by atoms with Gasteiger partial charge in [-0.3, -0.25) is 0 Å². The lowest BCUT2D eigenvalue weighted by Crippen LogP contribution is -2.10. The maximum absolute atomic E-state index is 10.5. The third-order valence-electron chi connectivity index (χ3n) is 1.52. The quantitative estimate of drug-likeness (QED) is 0.320. The first kappa shape index (κ1) is 4.32. The zero-order valence-electron chi connectivity index (χ0n) is 4.46.